The first-order chi connectivity index (χ1) is 7.22. The maximum absolute atomic E-state index is 10.5. The Kier molecular flexibility index (Phi) is 4.40. The second kappa shape index (κ2) is 5.85. The van der Waals surface area contributed by atoms with Crippen molar-refractivity contribution in [3.05, 3.63) is 18.2 Å². The number of nitrogens with two attached hydrogens (primary N) is 1. The molecule has 5 nitrogen and oxygen atoms in total. The number of amides is 1. The second-order valence-electron chi connectivity index (χ2n) is 3.08. The lowest BCUT2D eigenvalue weighted by atomic mass is 10.4. The van der Waals surface area contributed by atoms with Gasteiger partial charge in [-0.05, 0) is 19.1 Å². The summed E-state index contributed by atoms with van der Waals surface area (Å²) in [4.78, 5) is 14.8. The number of anilines is 2. The van der Waals surface area contributed by atoms with E-state index in [0.29, 0.717) is 13.0 Å². The van der Waals surface area contributed by atoms with Gasteiger partial charge in [0.2, 0.25) is 5.91 Å². The van der Waals surface area contributed by atoms with Gasteiger partial charge in [0, 0.05) is 19.5 Å². The molecule has 1 heterocycles. The van der Waals surface area contributed by atoms with Crippen molar-refractivity contribution in [1.29, 1.82) is 0 Å². The van der Waals surface area contributed by atoms with Gasteiger partial charge in [-0.1, -0.05) is 6.07 Å². The Morgan fingerprint density at radius 3 is 2.67 bits per heavy atom. The molecule has 0 unspecified atom stereocenters. The van der Waals surface area contributed by atoms with Gasteiger partial charge in [-0.2, -0.15) is 0 Å². The number of aromatic nitrogens is 1. The van der Waals surface area contributed by atoms with Crippen LogP contribution >= 0.6 is 0 Å². The van der Waals surface area contributed by atoms with Crippen LogP contribution in [0.5, 0.6) is 0 Å². The highest BCUT2D eigenvalue weighted by molar-refractivity contribution is 5.74. The third-order valence-electron chi connectivity index (χ3n) is 1.78. The third-order valence-corrected chi connectivity index (χ3v) is 1.78. The fraction of sp³-hybridized carbons (Fsp3) is 0.400. The Labute approximate surface area is 89.1 Å². The summed E-state index contributed by atoms with van der Waals surface area (Å²) >= 11 is 0. The van der Waals surface area contributed by atoms with Crippen LogP contribution in [0.25, 0.3) is 0 Å². The molecule has 0 atom stereocenters. The molecular weight excluding hydrogens is 192 g/mol. The molecule has 0 saturated heterocycles. The quantitative estimate of drug-likeness (QED) is 0.646. The number of carbonyl (C=O) groups is 1. The average Bonchev–Trinajstić information content (AvgIpc) is 2.18. The van der Waals surface area contributed by atoms with Gasteiger partial charge in [0.25, 0.3) is 0 Å². The Bertz CT molecular complexity index is 327. The number of hydrogen-bond acceptors (Lipinski definition) is 4. The van der Waals surface area contributed by atoms with E-state index in [0.717, 1.165) is 18.2 Å². The first-order valence-corrected chi connectivity index (χ1v) is 4.95. The molecule has 82 valence electrons. The topological polar surface area (TPSA) is 80.0 Å². The number of primary amides is 1. The van der Waals surface area contributed by atoms with E-state index in [4.69, 9.17) is 5.73 Å². The van der Waals surface area contributed by atoms with Crippen molar-refractivity contribution in [2.75, 3.05) is 23.7 Å². The number of nitrogens with zero attached hydrogens (tertiary/aromatic N) is 1. The van der Waals surface area contributed by atoms with Crippen molar-refractivity contribution in [3.63, 3.8) is 0 Å². The molecule has 15 heavy (non-hydrogen) atoms. The zero-order valence-corrected chi connectivity index (χ0v) is 8.79. The fourth-order valence-electron chi connectivity index (χ4n) is 1.13. The maximum atomic E-state index is 10.5. The highest BCUT2D eigenvalue weighted by Gasteiger charge is 1.97. The molecule has 1 rings (SSSR count). The molecule has 0 saturated carbocycles. The highest BCUT2D eigenvalue weighted by atomic mass is 16.1. The van der Waals surface area contributed by atoms with Crippen molar-refractivity contribution >= 4 is 17.5 Å². The van der Waals surface area contributed by atoms with E-state index >= 15 is 0 Å². The van der Waals surface area contributed by atoms with E-state index in [1.807, 2.05) is 25.1 Å². The molecule has 1 amide bonds. The van der Waals surface area contributed by atoms with Crippen molar-refractivity contribution in [3.8, 4) is 0 Å². The van der Waals surface area contributed by atoms with Crippen LogP contribution in [0.1, 0.15) is 13.3 Å². The van der Waals surface area contributed by atoms with E-state index in [1.54, 1.807) is 0 Å². The number of pyridine rings is 1. The standard InChI is InChI=1S/C10H16N4O/c1-2-12-9-4-3-5-10(14-9)13-7-6-8(11)15/h3-5H,2,6-7H2,1H3,(H2,11,15)(H2,12,13,14). The van der Waals surface area contributed by atoms with E-state index in [9.17, 15) is 4.79 Å². The molecule has 0 bridgehead atoms. The van der Waals surface area contributed by atoms with Gasteiger partial charge in [-0.3, -0.25) is 4.79 Å². The van der Waals surface area contributed by atoms with Crippen molar-refractivity contribution in [2.45, 2.75) is 13.3 Å². The average molecular weight is 208 g/mol. The van der Waals surface area contributed by atoms with Crippen LogP contribution in [0.15, 0.2) is 18.2 Å². The first kappa shape index (κ1) is 11.3. The molecule has 1 aromatic rings. The summed E-state index contributed by atoms with van der Waals surface area (Å²) in [5.74, 6) is 1.25. The normalized spacial score (nSPS) is 9.67. The molecule has 0 aliphatic carbocycles. The Balaban J connectivity index is 2.46. The predicted molar refractivity (Wildman–Crippen MR) is 60.7 cm³/mol. The molecule has 5 heteroatoms. The number of carbonyl (C=O) groups excluding carboxylic acids is 1. The van der Waals surface area contributed by atoms with E-state index in [-0.39, 0.29) is 5.91 Å². The summed E-state index contributed by atoms with van der Waals surface area (Å²) in [6.45, 7) is 3.35. The molecule has 4 N–H and O–H groups in total. The molecule has 0 radical (unpaired) electrons. The SMILES string of the molecule is CCNc1cccc(NCCC(N)=O)n1. The van der Waals surface area contributed by atoms with Crippen LogP contribution in [0.4, 0.5) is 11.6 Å². The molecule has 0 aromatic carbocycles. The van der Waals surface area contributed by atoms with Gasteiger partial charge >= 0.3 is 0 Å². The minimum atomic E-state index is -0.315. The van der Waals surface area contributed by atoms with Gasteiger partial charge in [0.05, 0.1) is 0 Å². The first-order valence-electron chi connectivity index (χ1n) is 4.95. The number of nitrogens with one attached hydrogen (secondary N) is 2. The molecule has 0 aliphatic heterocycles. The van der Waals surface area contributed by atoms with Crippen molar-refractivity contribution in [2.24, 2.45) is 5.73 Å². The summed E-state index contributed by atoms with van der Waals surface area (Å²) in [5, 5.41) is 6.13. The van der Waals surface area contributed by atoms with E-state index in [2.05, 4.69) is 15.6 Å². The lowest BCUT2D eigenvalue weighted by molar-refractivity contribution is -0.117. The van der Waals surface area contributed by atoms with Gasteiger partial charge in [0.1, 0.15) is 11.6 Å². The second-order valence-corrected chi connectivity index (χ2v) is 3.08. The van der Waals surface area contributed by atoms with Crippen molar-refractivity contribution < 1.29 is 4.79 Å². The summed E-state index contributed by atoms with van der Waals surface area (Å²) in [5.41, 5.74) is 5.02. The van der Waals surface area contributed by atoms with Gasteiger partial charge < -0.3 is 16.4 Å². The zero-order chi connectivity index (χ0) is 11.1. The summed E-state index contributed by atoms with van der Waals surface area (Å²) in [7, 11) is 0. The van der Waals surface area contributed by atoms with Gasteiger partial charge in [-0.25, -0.2) is 4.98 Å². The fourth-order valence-corrected chi connectivity index (χ4v) is 1.13. The van der Waals surface area contributed by atoms with Crippen molar-refractivity contribution in [1.82, 2.24) is 4.98 Å². The van der Waals surface area contributed by atoms with Crippen LogP contribution in [0.3, 0.4) is 0 Å². The lowest BCUT2D eigenvalue weighted by Gasteiger charge is -2.06. The summed E-state index contributed by atoms with van der Waals surface area (Å²) < 4.78 is 0. The minimum Gasteiger partial charge on any atom is -0.370 e. The maximum Gasteiger partial charge on any atom is 0.219 e. The van der Waals surface area contributed by atoms with E-state index in [1.165, 1.54) is 0 Å². The Morgan fingerprint density at radius 1 is 1.40 bits per heavy atom. The summed E-state index contributed by atoms with van der Waals surface area (Å²) in [6, 6.07) is 5.64. The van der Waals surface area contributed by atoms with Gasteiger partial charge in [-0.15, -0.1) is 0 Å². The molecule has 1 aromatic heterocycles. The van der Waals surface area contributed by atoms with Gasteiger partial charge in [0.15, 0.2) is 0 Å². The molecular formula is C10H16N4O. The summed E-state index contributed by atoms with van der Waals surface area (Å²) in [6.07, 6.45) is 0.313. The smallest absolute Gasteiger partial charge is 0.219 e. The van der Waals surface area contributed by atoms with Crippen LogP contribution < -0.4 is 16.4 Å². The minimum absolute atomic E-state index is 0.313. The number of rotatable bonds is 6. The Morgan fingerprint density at radius 2 is 2.07 bits per heavy atom. The van der Waals surface area contributed by atoms with Crippen LogP contribution in [-0.4, -0.2) is 24.0 Å². The van der Waals surface area contributed by atoms with E-state index < -0.39 is 0 Å². The molecule has 0 aliphatic rings. The highest BCUT2D eigenvalue weighted by Crippen LogP contribution is 2.08. The van der Waals surface area contributed by atoms with Crippen LogP contribution in [0.2, 0.25) is 0 Å². The molecule has 0 spiro atoms. The predicted octanol–water partition coefficient (Wildman–Crippen LogP) is 0.801. The largest absolute Gasteiger partial charge is 0.370 e. The third kappa shape index (κ3) is 4.30. The number of hydrogen-bond donors (Lipinski definition) is 3. The van der Waals surface area contributed by atoms with Crippen LogP contribution in [-0.2, 0) is 4.79 Å². The lowest BCUT2D eigenvalue weighted by Crippen LogP contribution is -2.16. The monoisotopic (exact) mass is 208 g/mol. The molecule has 0 fully saturated rings. The Hall–Kier alpha value is -1.78. The zero-order valence-electron chi connectivity index (χ0n) is 8.79. The van der Waals surface area contributed by atoms with Crippen LogP contribution in [0, 0.1) is 0 Å².